The number of nitrogens with one attached hydrogen (secondary N) is 2. The highest BCUT2D eigenvalue weighted by Crippen LogP contribution is 2.32. The lowest BCUT2D eigenvalue weighted by Crippen LogP contribution is -2.45. The van der Waals surface area contributed by atoms with Crippen LogP contribution in [0.5, 0.6) is 5.75 Å². The quantitative estimate of drug-likeness (QED) is 0.590. The van der Waals surface area contributed by atoms with Crippen LogP contribution in [0.15, 0.2) is 45.8 Å². The van der Waals surface area contributed by atoms with Gasteiger partial charge in [-0.25, -0.2) is 8.42 Å². The molecular formula is C17H19BrClN3O4S. The number of hydrogen-bond acceptors (Lipinski definition) is 5. The largest absolute Gasteiger partial charge is 0.495 e. The first-order chi connectivity index (χ1) is 12.4. The zero-order chi connectivity index (χ0) is 20.4. The third-order valence-corrected chi connectivity index (χ3v) is 5.81. The van der Waals surface area contributed by atoms with Gasteiger partial charge in [0.2, 0.25) is 5.91 Å². The zero-order valence-electron chi connectivity index (χ0n) is 14.8. The van der Waals surface area contributed by atoms with Crippen molar-refractivity contribution >= 4 is 54.8 Å². The van der Waals surface area contributed by atoms with Crippen molar-refractivity contribution in [3.8, 4) is 5.75 Å². The molecule has 146 valence electrons. The summed E-state index contributed by atoms with van der Waals surface area (Å²) in [4.78, 5) is 12.0. The minimum atomic E-state index is -3.99. The number of carbonyl (C=O) groups excluding carboxylic acids is 1. The van der Waals surface area contributed by atoms with E-state index in [0.717, 1.165) is 0 Å². The van der Waals surface area contributed by atoms with E-state index < -0.39 is 21.5 Å². The minimum absolute atomic E-state index is 0.0604. The Morgan fingerprint density at radius 1 is 1.22 bits per heavy atom. The highest BCUT2D eigenvalue weighted by Gasteiger charge is 2.23. The number of methoxy groups -OCH3 is 1. The van der Waals surface area contributed by atoms with E-state index in [1.165, 1.54) is 31.4 Å². The van der Waals surface area contributed by atoms with Crippen LogP contribution < -0.4 is 20.5 Å². The van der Waals surface area contributed by atoms with Crippen molar-refractivity contribution in [1.29, 1.82) is 0 Å². The van der Waals surface area contributed by atoms with Gasteiger partial charge in [-0.15, -0.1) is 0 Å². The van der Waals surface area contributed by atoms with E-state index in [9.17, 15) is 13.2 Å². The first-order valence-electron chi connectivity index (χ1n) is 7.70. The van der Waals surface area contributed by atoms with Gasteiger partial charge in [0.25, 0.3) is 10.0 Å². The monoisotopic (exact) mass is 475 g/mol. The second kappa shape index (κ2) is 8.05. The Balaban J connectivity index is 2.39. The predicted molar refractivity (Wildman–Crippen MR) is 110 cm³/mol. The number of ether oxygens (including phenoxy) is 1. The number of hydrogen-bond donors (Lipinski definition) is 3. The Morgan fingerprint density at radius 3 is 2.44 bits per heavy atom. The molecule has 0 radical (unpaired) electrons. The second-order valence-corrected chi connectivity index (χ2v) is 9.24. The summed E-state index contributed by atoms with van der Waals surface area (Å²) in [5, 5.41) is 2.69. The molecule has 0 spiro atoms. The molecule has 2 aromatic rings. The number of sulfonamides is 1. The summed E-state index contributed by atoms with van der Waals surface area (Å²) < 4.78 is 33.7. The fourth-order valence-corrected chi connectivity index (χ4v) is 4.15. The molecule has 0 aliphatic heterocycles. The van der Waals surface area contributed by atoms with Gasteiger partial charge in [-0.2, -0.15) is 0 Å². The molecule has 0 aliphatic rings. The third-order valence-electron chi connectivity index (χ3n) is 3.47. The molecule has 27 heavy (non-hydrogen) atoms. The van der Waals surface area contributed by atoms with Crippen molar-refractivity contribution < 1.29 is 17.9 Å². The first-order valence-corrected chi connectivity index (χ1v) is 10.4. The first kappa shape index (κ1) is 21.5. The lowest BCUT2D eigenvalue weighted by Gasteiger charge is -2.19. The summed E-state index contributed by atoms with van der Waals surface area (Å²) in [6.45, 7) is 3.12. The number of benzene rings is 2. The molecule has 0 bridgehead atoms. The molecular weight excluding hydrogens is 458 g/mol. The van der Waals surface area contributed by atoms with Crippen molar-refractivity contribution in [2.45, 2.75) is 24.3 Å². The predicted octanol–water partition coefficient (Wildman–Crippen LogP) is 3.59. The van der Waals surface area contributed by atoms with Gasteiger partial charge < -0.3 is 15.8 Å². The zero-order valence-corrected chi connectivity index (χ0v) is 18.0. The third kappa shape index (κ3) is 5.35. The fourth-order valence-electron chi connectivity index (χ4n) is 2.05. The van der Waals surface area contributed by atoms with E-state index in [1.807, 2.05) is 0 Å². The molecule has 0 aliphatic carbocycles. The van der Waals surface area contributed by atoms with Gasteiger partial charge >= 0.3 is 0 Å². The number of anilines is 2. The normalized spacial score (nSPS) is 11.8. The SMILES string of the molecule is COc1ccc(NC(=O)C(C)(C)N)cc1NS(=O)(=O)c1ccc(Br)cc1Cl. The van der Waals surface area contributed by atoms with E-state index in [0.29, 0.717) is 10.2 Å². The van der Waals surface area contributed by atoms with Crippen LogP contribution >= 0.6 is 27.5 Å². The Hall–Kier alpha value is -1.81. The van der Waals surface area contributed by atoms with Gasteiger partial charge in [-0.05, 0) is 50.2 Å². The Morgan fingerprint density at radius 2 is 1.89 bits per heavy atom. The molecule has 7 nitrogen and oxygen atoms in total. The maximum Gasteiger partial charge on any atom is 0.263 e. The van der Waals surface area contributed by atoms with Crippen molar-refractivity contribution in [2.24, 2.45) is 5.73 Å². The van der Waals surface area contributed by atoms with Crippen LogP contribution in [-0.2, 0) is 14.8 Å². The lowest BCUT2D eigenvalue weighted by atomic mass is 10.1. The standard InChI is InChI=1S/C17H19BrClN3O4S/c1-17(2,20)16(23)21-11-5-6-14(26-3)13(9-11)22-27(24,25)15-7-4-10(18)8-12(15)19/h4-9,22H,20H2,1-3H3,(H,21,23). The van der Waals surface area contributed by atoms with Crippen LogP contribution in [0.2, 0.25) is 5.02 Å². The Bertz CT molecular complexity index is 975. The molecule has 2 aromatic carbocycles. The van der Waals surface area contributed by atoms with Gasteiger partial charge in [-0.3, -0.25) is 9.52 Å². The molecule has 0 fully saturated rings. The van der Waals surface area contributed by atoms with Gasteiger partial charge in [0, 0.05) is 10.2 Å². The van der Waals surface area contributed by atoms with Gasteiger partial charge in [-0.1, -0.05) is 27.5 Å². The molecule has 0 saturated heterocycles. The molecule has 0 aromatic heterocycles. The average Bonchev–Trinajstić information content (AvgIpc) is 2.53. The minimum Gasteiger partial charge on any atom is -0.495 e. The average molecular weight is 477 g/mol. The maximum absolute atomic E-state index is 12.7. The molecule has 1 amide bonds. The summed E-state index contributed by atoms with van der Waals surface area (Å²) in [6, 6.07) is 8.97. The number of nitrogens with two attached hydrogens (primary N) is 1. The van der Waals surface area contributed by atoms with Crippen LogP contribution in [0.4, 0.5) is 11.4 Å². The smallest absolute Gasteiger partial charge is 0.263 e. The van der Waals surface area contributed by atoms with E-state index in [4.69, 9.17) is 22.1 Å². The van der Waals surface area contributed by atoms with Gasteiger partial charge in [0.05, 0.1) is 23.4 Å². The maximum atomic E-state index is 12.7. The van der Waals surface area contributed by atoms with E-state index in [-0.39, 0.29) is 21.4 Å². The molecule has 0 saturated carbocycles. The Kier molecular flexibility index (Phi) is 6.41. The number of halogens is 2. The number of rotatable bonds is 6. The van der Waals surface area contributed by atoms with E-state index in [2.05, 4.69) is 26.0 Å². The summed E-state index contributed by atoms with van der Waals surface area (Å²) in [5.74, 6) is -0.144. The molecule has 2 rings (SSSR count). The van der Waals surface area contributed by atoms with Crippen LogP contribution in [-0.4, -0.2) is 27.0 Å². The summed E-state index contributed by atoms with van der Waals surface area (Å²) in [6.07, 6.45) is 0. The van der Waals surface area contributed by atoms with Crippen LogP contribution in [0.25, 0.3) is 0 Å². The van der Waals surface area contributed by atoms with Crippen molar-refractivity contribution in [1.82, 2.24) is 0 Å². The van der Waals surface area contributed by atoms with Gasteiger partial charge in [0.15, 0.2) is 0 Å². The number of carbonyl (C=O) groups is 1. The number of amides is 1. The van der Waals surface area contributed by atoms with Crippen molar-refractivity contribution in [3.05, 3.63) is 45.9 Å². The van der Waals surface area contributed by atoms with E-state index in [1.54, 1.807) is 26.0 Å². The highest BCUT2D eigenvalue weighted by molar-refractivity contribution is 9.10. The topological polar surface area (TPSA) is 111 Å². The van der Waals surface area contributed by atoms with E-state index >= 15 is 0 Å². The van der Waals surface area contributed by atoms with Crippen molar-refractivity contribution in [2.75, 3.05) is 17.1 Å². The molecule has 0 atom stereocenters. The fraction of sp³-hybridized carbons (Fsp3) is 0.235. The summed E-state index contributed by atoms with van der Waals surface area (Å²) in [7, 11) is -2.58. The van der Waals surface area contributed by atoms with Crippen LogP contribution in [0.1, 0.15) is 13.8 Å². The molecule has 4 N–H and O–H groups in total. The van der Waals surface area contributed by atoms with Crippen molar-refractivity contribution in [3.63, 3.8) is 0 Å². The second-order valence-electron chi connectivity index (χ2n) is 6.27. The van der Waals surface area contributed by atoms with Crippen LogP contribution in [0.3, 0.4) is 0 Å². The highest BCUT2D eigenvalue weighted by atomic mass is 79.9. The van der Waals surface area contributed by atoms with Gasteiger partial charge in [0.1, 0.15) is 10.6 Å². The summed E-state index contributed by atoms with van der Waals surface area (Å²) in [5.41, 5.74) is 5.17. The lowest BCUT2D eigenvalue weighted by molar-refractivity contribution is -0.120. The molecule has 10 heteroatoms. The molecule has 0 heterocycles. The molecule has 0 unspecified atom stereocenters. The van der Waals surface area contributed by atoms with Crippen LogP contribution in [0, 0.1) is 0 Å². The Labute approximate surface area is 171 Å². The summed E-state index contributed by atoms with van der Waals surface area (Å²) >= 11 is 9.28.